The van der Waals surface area contributed by atoms with Crippen molar-refractivity contribution < 1.29 is 32.9 Å². The first kappa shape index (κ1) is 66.2. The van der Waals surface area contributed by atoms with Gasteiger partial charge in [0.05, 0.1) is 39.9 Å². The standard InChI is InChI=1S/C58H117N2O6P/c1-6-8-10-12-13-14-15-16-17-18-19-20-21-22-23-24-25-26-27-28-29-30-31-32-33-34-35-36-37-38-39-40-41-42-43-44-45-46-48-50-52-58(62)59-56(57(61)51-49-47-11-9-7-2)55-66-67(63,64)65-54-53-60(3,4)5/h49,51,56-57,61H,6-48,50,52-55H2,1-5H3,(H-,59,62,63,64)/p+1/b51-49+. The van der Waals surface area contributed by atoms with Gasteiger partial charge < -0.3 is 19.8 Å². The zero-order valence-electron chi connectivity index (χ0n) is 45.7. The van der Waals surface area contributed by atoms with Gasteiger partial charge in [0, 0.05) is 6.42 Å². The molecule has 0 heterocycles. The Balaban J connectivity index is 3.61. The highest BCUT2D eigenvalue weighted by Gasteiger charge is 2.27. The van der Waals surface area contributed by atoms with Crippen LogP contribution in [-0.4, -0.2) is 73.4 Å². The average molecular weight is 971 g/mol. The lowest BCUT2D eigenvalue weighted by molar-refractivity contribution is -0.870. The van der Waals surface area contributed by atoms with E-state index in [4.69, 9.17) is 9.05 Å². The van der Waals surface area contributed by atoms with Crippen molar-refractivity contribution in [2.75, 3.05) is 40.9 Å². The summed E-state index contributed by atoms with van der Waals surface area (Å²) in [7, 11) is 1.58. The van der Waals surface area contributed by atoms with Crippen LogP contribution in [0.25, 0.3) is 0 Å². The van der Waals surface area contributed by atoms with Crippen molar-refractivity contribution >= 4 is 13.7 Å². The summed E-state index contributed by atoms with van der Waals surface area (Å²) >= 11 is 0. The number of hydrogen-bond acceptors (Lipinski definition) is 5. The number of unbranched alkanes of at least 4 members (excludes halogenated alkanes) is 42. The van der Waals surface area contributed by atoms with Crippen molar-refractivity contribution in [3.63, 3.8) is 0 Å². The zero-order chi connectivity index (χ0) is 49.2. The first-order valence-electron chi connectivity index (χ1n) is 29.6. The predicted molar refractivity (Wildman–Crippen MR) is 291 cm³/mol. The molecule has 0 aliphatic heterocycles. The number of carbonyl (C=O) groups is 1. The van der Waals surface area contributed by atoms with Gasteiger partial charge in [0.25, 0.3) is 0 Å². The summed E-state index contributed by atoms with van der Waals surface area (Å²) < 4.78 is 23.4. The third kappa shape index (κ3) is 52.9. The summed E-state index contributed by atoms with van der Waals surface area (Å²) in [4.78, 5) is 23.0. The molecule has 0 radical (unpaired) electrons. The van der Waals surface area contributed by atoms with E-state index in [2.05, 4.69) is 19.2 Å². The minimum atomic E-state index is -4.32. The van der Waals surface area contributed by atoms with E-state index in [0.717, 1.165) is 44.9 Å². The van der Waals surface area contributed by atoms with Crippen LogP contribution in [0.15, 0.2) is 12.2 Å². The molecule has 0 spiro atoms. The van der Waals surface area contributed by atoms with Crippen LogP contribution in [0, 0.1) is 0 Å². The third-order valence-corrected chi connectivity index (χ3v) is 14.7. The lowest BCUT2D eigenvalue weighted by atomic mass is 10.0. The van der Waals surface area contributed by atoms with E-state index < -0.39 is 20.0 Å². The molecule has 400 valence electrons. The van der Waals surface area contributed by atoms with Gasteiger partial charge in [0.2, 0.25) is 5.91 Å². The fourth-order valence-electron chi connectivity index (χ4n) is 9.10. The predicted octanol–water partition coefficient (Wildman–Crippen LogP) is 17.8. The summed E-state index contributed by atoms with van der Waals surface area (Å²) in [5, 5.41) is 13.7. The maximum atomic E-state index is 12.8. The summed E-state index contributed by atoms with van der Waals surface area (Å²) in [6, 6.07) is -0.838. The van der Waals surface area contributed by atoms with Gasteiger partial charge >= 0.3 is 7.82 Å². The molecular formula is C58H118N2O6P+. The Morgan fingerprint density at radius 1 is 0.493 bits per heavy atom. The second-order valence-corrected chi connectivity index (χ2v) is 23.2. The number of nitrogens with one attached hydrogen (secondary N) is 1. The molecule has 0 aliphatic rings. The molecule has 0 rings (SSSR count). The SMILES string of the molecule is CCCCC/C=C/C(O)C(COP(=O)(O)OCC[N+](C)(C)C)NC(=O)CCCCCCCCCCCCCCCCCCCCCCCCCCCCCCCCCCCCCCCCCC. The van der Waals surface area contributed by atoms with Gasteiger partial charge in [0.15, 0.2) is 0 Å². The van der Waals surface area contributed by atoms with E-state index in [1.807, 2.05) is 27.2 Å². The van der Waals surface area contributed by atoms with E-state index in [-0.39, 0.29) is 19.1 Å². The Kier molecular flexibility index (Phi) is 49.6. The van der Waals surface area contributed by atoms with Gasteiger partial charge in [-0.3, -0.25) is 13.8 Å². The van der Waals surface area contributed by atoms with Crippen LogP contribution in [-0.2, 0) is 18.4 Å². The second kappa shape index (κ2) is 50.2. The molecule has 8 nitrogen and oxygen atoms in total. The molecule has 0 aromatic carbocycles. The molecule has 67 heavy (non-hydrogen) atoms. The first-order chi connectivity index (χ1) is 32.5. The quantitative estimate of drug-likeness (QED) is 0.0243. The number of aliphatic hydroxyl groups is 1. The van der Waals surface area contributed by atoms with Gasteiger partial charge in [-0.2, -0.15) is 0 Å². The summed E-state index contributed by atoms with van der Waals surface area (Å²) in [6.07, 6.45) is 62.8. The molecule has 3 unspecified atom stereocenters. The van der Waals surface area contributed by atoms with Crippen molar-refractivity contribution in [3.8, 4) is 0 Å². The Hall–Kier alpha value is -0.760. The van der Waals surface area contributed by atoms with Gasteiger partial charge in [-0.1, -0.05) is 289 Å². The normalized spacial score (nSPS) is 14.0. The number of phosphoric acid groups is 1. The van der Waals surface area contributed by atoms with Crippen molar-refractivity contribution in [1.82, 2.24) is 5.32 Å². The fraction of sp³-hybridized carbons (Fsp3) is 0.948. The lowest BCUT2D eigenvalue weighted by Crippen LogP contribution is -2.45. The number of carbonyl (C=O) groups excluding carboxylic acids is 1. The molecule has 0 aliphatic carbocycles. The van der Waals surface area contributed by atoms with E-state index >= 15 is 0 Å². The van der Waals surface area contributed by atoms with Crippen LogP contribution in [0.3, 0.4) is 0 Å². The lowest BCUT2D eigenvalue weighted by Gasteiger charge is -2.25. The summed E-state index contributed by atoms with van der Waals surface area (Å²) in [5.41, 5.74) is 0. The summed E-state index contributed by atoms with van der Waals surface area (Å²) in [6.45, 7) is 4.73. The topological polar surface area (TPSA) is 105 Å². The van der Waals surface area contributed by atoms with Crippen LogP contribution >= 0.6 is 7.82 Å². The number of hydrogen-bond donors (Lipinski definition) is 3. The zero-order valence-corrected chi connectivity index (χ0v) is 46.6. The molecule has 0 aromatic heterocycles. The van der Waals surface area contributed by atoms with Crippen LogP contribution in [0.1, 0.15) is 303 Å². The number of phosphoric ester groups is 1. The molecule has 3 atom stereocenters. The Morgan fingerprint density at radius 2 is 0.791 bits per heavy atom. The van der Waals surface area contributed by atoms with Gasteiger partial charge in [-0.05, 0) is 19.3 Å². The Morgan fingerprint density at radius 3 is 1.10 bits per heavy atom. The Bertz CT molecular complexity index is 1100. The smallest absolute Gasteiger partial charge is 0.387 e. The minimum absolute atomic E-state index is 0.0635. The van der Waals surface area contributed by atoms with Crippen molar-refractivity contribution in [3.05, 3.63) is 12.2 Å². The maximum Gasteiger partial charge on any atom is 0.472 e. The maximum absolute atomic E-state index is 12.8. The van der Waals surface area contributed by atoms with Gasteiger partial charge in [0.1, 0.15) is 13.2 Å². The van der Waals surface area contributed by atoms with E-state index in [0.29, 0.717) is 17.4 Å². The van der Waals surface area contributed by atoms with Crippen molar-refractivity contribution in [1.29, 1.82) is 0 Å². The van der Waals surface area contributed by atoms with Crippen molar-refractivity contribution in [2.24, 2.45) is 0 Å². The van der Waals surface area contributed by atoms with Gasteiger partial charge in [-0.15, -0.1) is 0 Å². The molecule has 0 saturated heterocycles. The summed E-state index contributed by atoms with van der Waals surface area (Å²) in [5.74, 6) is -0.178. The largest absolute Gasteiger partial charge is 0.472 e. The van der Waals surface area contributed by atoms with Gasteiger partial charge in [-0.25, -0.2) is 4.57 Å². The Labute approximate surface area is 418 Å². The second-order valence-electron chi connectivity index (χ2n) is 21.7. The number of likely N-dealkylation sites (N-methyl/N-ethyl adjacent to an activating group) is 1. The number of allylic oxidation sites excluding steroid dienone is 1. The molecule has 0 bridgehead atoms. The molecule has 0 saturated carbocycles. The molecule has 1 amide bonds. The number of rotatable bonds is 55. The highest BCUT2D eigenvalue weighted by atomic mass is 31.2. The van der Waals surface area contributed by atoms with E-state index in [1.165, 1.54) is 238 Å². The molecule has 0 fully saturated rings. The first-order valence-corrected chi connectivity index (χ1v) is 31.1. The monoisotopic (exact) mass is 970 g/mol. The van der Waals surface area contributed by atoms with Crippen LogP contribution in [0.5, 0.6) is 0 Å². The fourth-order valence-corrected chi connectivity index (χ4v) is 9.84. The highest BCUT2D eigenvalue weighted by Crippen LogP contribution is 2.43. The van der Waals surface area contributed by atoms with Crippen LogP contribution in [0.4, 0.5) is 0 Å². The highest BCUT2D eigenvalue weighted by molar-refractivity contribution is 7.47. The van der Waals surface area contributed by atoms with Crippen LogP contribution < -0.4 is 5.32 Å². The number of aliphatic hydroxyl groups excluding tert-OH is 1. The number of quaternary nitrogens is 1. The number of nitrogens with zero attached hydrogens (tertiary/aromatic N) is 1. The van der Waals surface area contributed by atoms with E-state index in [9.17, 15) is 19.4 Å². The average Bonchev–Trinajstić information content (AvgIpc) is 3.29. The molecule has 3 N–H and O–H groups in total. The van der Waals surface area contributed by atoms with Crippen LogP contribution in [0.2, 0.25) is 0 Å². The van der Waals surface area contributed by atoms with E-state index in [1.54, 1.807) is 6.08 Å². The van der Waals surface area contributed by atoms with Crippen molar-refractivity contribution in [2.45, 2.75) is 315 Å². The minimum Gasteiger partial charge on any atom is -0.387 e. The number of amides is 1. The molecule has 0 aromatic rings. The molecule has 9 heteroatoms. The third-order valence-electron chi connectivity index (χ3n) is 13.8. The molecular weight excluding hydrogens is 852 g/mol.